The number of rotatable bonds is 6. The van der Waals surface area contributed by atoms with Crippen molar-refractivity contribution in [2.24, 2.45) is 0 Å². The third-order valence-electron chi connectivity index (χ3n) is 2.13. The fraction of sp³-hybridized carbons (Fsp3) is 0.417. The first-order valence-corrected chi connectivity index (χ1v) is 6.34. The van der Waals surface area contributed by atoms with Crippen LogP contribution in [0.2, 0.25) is 5.02 Å². The van der Waals surface area contributed by atoms with Gasteiger partial charge in [-0.05, 0) is 24.6 Å². The van der Waals surface area contributed by atoms with Crippen molar-refractivity contribution < 1.29 is 9.53 Å². The molecule has 0 amide bonds. The molecule has 0 aliphatic rings. The number of Topliss-reactive ketones (excluding diaryl/α,β-unsaturated/α-hetero) is 1. The van der Waals surface area contributed by atoms with Crippen molar-refractivity contribution in [1.29, 1.82) is 0 Å². The van der Waals surface area contributed by atoms with Crippen LogP contribution in [0, 0.1) is 0 Å². The zero-order chi connectivity index (χ0) is 12.0. The van der Waals surface area contributed by atoms with Crippen molar-refractivity contribution in [2.75, 3.05) is 13.2 Å². The van der Waals surface area contributed by atoms with Gasteiger partial charge in [0.1, 0.15) is 5.78 Å². The molecule has 0 spiro atoms. The van der Waals surface area contributed by atoms with Crippen LogP contribution in [0.15, 0.2) is 22.7 Å². The van der Waals surface area contributed by atoms with Gasteiger partial charge in [0.2, 0.25) is 0 Å². The lowest BCUT2D eigenvalue weighted by Gasteiger charge is -2.04. The maximum atomic E-state index is 11.6. The van der Waals surface area contributed by atoms with E-state index in [0.717, 1.165) is 10.0 Å². The van der Waals surface area contributed by atoms with Crippen molar-refractivity contribution in [2.45, 2.75) is 19.8 Å². The number of benzene rings is 1. The van der Waals surface area contributed by atoms with Gasteiger partial charge >= 0.3 is 0 Å². The monoisotopic (exact) mass is 304 g/mol. The van der Waals surface area contributed by atoms with Gasteiger partial charge in [0.15, 0.2) is 0 Å². The highest BCUT2D eigenvalue weighted by molar-refractivity contribution is 9.10. The number of carbonyl (C=O) groups excluding carboxylic acids is 1. The van der Waals surface area contributed by atoms with Crippen molar-refractivity contribution in [3.05, 3.63) is 33.3 Å². The molecule has 1 rings (SSSR count). The van der Waals surface area contributed by atoms with E-state index in [-0.39, 0.29) is 5.78 Å². The second-order valence-electron chi connectivity index (χ2n) is 3.40. The zero-order valence-corrected chi connectivity index (χ0v) is 11.5. The molecule has 1 aromatic rings. The highest BCUT2D eigenvalue weighted by Crippen LogP contribution is 2.22. The molecule has 0 fully saturated rings. The fourth-order valence-corrected chi connectivity index (χ4v) is 2.04. The normalized spacial score (nSPS) is 10.4. The minimum Gasteiger partial charge on any atom is -0.381 e. The van der Waals surface area contributed by atoms with Gasteiger partial charge in [-0.25, -0.2) is 0 Å². The number of halogens is 2. The minimum absolute atomic E-state index is 0.151. The van der Waals surface area contributed by atoms with Gasteiger partial charge in [0, 0.05) is 28.9 Å². The molecular weight excluding hydrogens is 291 g/mol. The molecule has 1 aromatic carbocycles. The van der Waals surface area contributed by atoms with Crippen LogP contribution in [0.1, 0.15) is 18.9 Å². The Hall–Kier alpha value is -0.380. The Balaban J connectivity index is 2.49. The summed E-state index contributed by atoms with van der Waals surface area (Å²) < 4.78 is 6.05. The Kier molecular flexibility index (Phi) is 6.03. The van der Waals surface area contributed by atoms with Crippen LogP contribution in [0.5, 0.6) is 0 Å². The molecule has 88 valence electrons. The summed E-state index contributed by atoms with van der Waals surface area (Å²) in [6.07, 6.45) is 0.819. The fourth-order valence-electron chi connectivity index (χ4n) is 1.30. The third-order valence-corrected chi connectivity index (χ3v) is 2.98. The summed E-state index contributed by atoms with van der Waals surface area (Å²) in [7, 11) is 0. The molecule has 0 unspecified atom stereocenters. The summed E-state index contributed by atoms with van der Waals surface area (Å²) in [6.45, 7) is 3.05. The highest BCUT2D eigenvalue weighted by atomic mass is 79.9. The molecule has 0 aliphatic heterocycles. The molecule has 4 heteroatoms. The van der Waals surface area contributed by atoms with Gasteiger partial charge < -0.3 is 4.74 Å². The number of hydrogen-bond donors (Lipinski definition) is 0. The quantitative estimate of drug-likeness (QED) is 0.750. The number of ketones is 1. The van der Waals surface area contributed by atoms with Crippen molar-refractivity contribution in [3.8, 4) is 0 Å². The van der Waals surface area contributed by atoms with Crippen molar-refractivity contribution >= 4 is 33.3 Å². The average Bonchev–Trinajstić information content (AvgIpc) is 2.23. The van der Waals surface area contributed by atoms with Crippen LogP contribution < -0.4 is 0 Å². The van der Waals surface area contributed by atoms with E-state index in [9.17, 15) is 4.79 Å². The zero-order valence-electron chi connectivity index (χ0n) is 9.13. The predicted molar refractivity (Wildman–Crippen MR) is 69.0 cm³/mol. The summed E-state index contributed by atoms with van der Waals surface area (Å²) in [6, 6.07) is 5.55. The van der Waals surface area contributed by atoms with E-state index < -0.39 is 0 Å². The van der Waals surface area contributed by atoms with Gasteiger partial charge in [0.25, 0.3) is 0 Å². The van der Waals surface area contributed by atoms with Crippen LogP contribution in [0.25, 0.3) is 0 Å². The van der Waals surface area contributed by atoms with Crippen molar-refractivity contribution in [3.63, 3.8) is 0 Å². The third kappa shape index (κ3) is 4.64. The minimum atomic E-state index is 0.151. The first kappa shape index (κ1) is 13.7. The maximum Gasteiger partial charge on any atom is 0.139 e. The first-order valence-electron chi connectivity index (χ1n) is 5.17. The van der Waals surface area contributed by atoms with Crippen LogP contribution in [0.4, 0.5) is 0 Å². The molecule has 0 N–H and O–H groups in total. The number of hydrogen-bond acceptors (Lipinski definition) is 2. The number of carbonyl (C=O) groups is 1. The van der Waals surface area contributed by atoms with Gasteiger partial charge in [-0.2, -0.15) is 0 Å². The molecular formula is C12H14BrClO2. The van der Waals surface area contributed by atoms with E-state index in [0.29, 0.717) is 31.1 Å². The van der Waals surface area contributed by atoms with Gasteiger partial charge in [-0.3, -0.25) is 4.79 Å². The van der Waals surface area contributed by atoms with E-state index in [1.165, 1.54) is 0 Å². The Bertz CT molecular complexity index is 366. The highest BCUT2D eigenvalue weighted by Gasteiger charge is 2.07. The summed E-state index contributed by atoms with van der Waals surface area (Å²) in [5, 5.41) is 0.624. The molecule has 0 aliphatic carbocycles. The standard InChI is InChI=1S/C12H14BrClO2/c1-2-16-6-5-11(15)7-9-3-4-10(13)8-12(9)14/h3-4,8H,2,5-7H2,1H3. The SMILES string of the molecule is CCOCCC(=O)Cc1ccc(Br)cc1Cl. The van der Waals surface area contributed by atoms with Gasteiger partial charge in [-0.1, -0.05) is 33.6 Å². The Morgan fingerprint density at radius 2 is 2.25 bits per heavy atom. The average molecular weight is 306 g/mol. The molecule has 0 aromatic heterocycles. The summed E-state index contributed by atoms with van der Waals surface area (Å²) in [4.78, 5) is 11.6. The Morgan fingerprint density at radius 1 is 1.50 bits per heavy atom. The lowest BCUT2D eigenvalue weighted by molar-refractivity contribution is -0.119. The van der Waals surface area contributed by atoms with Crippen LogP contribution in [-0.4, -0.2) is 19.0 Å². The molecule has 2 nitrogen and oxygen atoms in total. The molecule has 0 saturated carbocycles. The molecule has 0 atom stereocenters. The topological polar surface area (TPSA) is 26.3 Å². The smallest absolute Gasteiger partial charge is 0.139 e. The van der Waals surface area contributed by atoms with E-state index in [2.05, 4.69) is 15.9 Å². The van der Waals surface area contributed by atoms with Crippen molar-refractivity contribution in [1.82, 2.24) is 0 Å². The van der Waals surface area contributed by atoms with Crippen LogP contribution in [-0.2, 0) is 16.0 Å². The molecule has 0 bridgehead atoms. The summed E-state index contributed by atoms with van der Waals surface area (Å²) in [5.41, 5.74) is 0.867. The summed E-state index contributed by atoms with van der Waals surface area (Å²) in [5.74, 6) is 0.151. The Labute approximate surface area is 109 Å². The molecule has 16 heavy (non-hydrogen) atoms. The van der Waals surface area contributed by atoms with Gasteiger partial charge in [-0.15, -0.1) is 0 Å². The largest absolute Gasteiger partial charge is 0.381 e. The van der Waals surface area contributed by atoms with Crippen LogP contribution >= 0.6 is 27.5 Å². The second kappa shape index (κ2) is 7.05. The Morgan fingerprint density at radius 3 is 2.88 bits per heavy atom. The van der Waals surface area contributed by atoms with E-state index >= 15 is 0 Å². The predicted octanol–water partition coefficient (Wildman–Crippen LogP) is 3.64. The maximum absolute atomic E-state index is 11.6. The first-order chi connectivity index (χ1) is 7.63. The summed E-state index contributed by atoms with van der Waals surface area (Å²) >= 11 is 9.35. The molecule has 0 saturated heterocycles. The molecule has 0 heterocycles. The second-order valence-corrected chi connectivity index (χ2v) is 4.72. The lowest BCUT2D eigenvalue weighted by Crippen LogP contribution is -2.07. The van der Waals surface area contributed by atoms with E-state index in [1.807, 2.05) is 19.1 Å². The van der Waals surface area contributed by atoms with E-state index in [4.69, 9.17) is 16.3 Å². The van der Waals surface area contributed by atoms with Crippen LogP contribution in [0.3, 0.4) is 0 Å². The lowest BCUT2D eigenvalue weighted by atomic mass is 10.1. The number of ether oxygens (including phenoxy) is 1. The van der Waals surface area contributed by atoms with Gasteiger partial charge in [0.05, 0.1) is 6.61 Å². The molecule has 0 radical (unpaired) electrons. The van der Waals surface area contributed by atoms with E-state index in [1.54, 1.807) is 6.07 Å².